The Morgan fingerprint density at radius 2 is 1.96 bits per heavy atom. The van der Waals surface area contributed by atoms with Gasteiger partial charge in [0.1, 0.15) is 5.76 Å². The minimum absolute atomic E-state index is 0.213. The van der Waals surface area contributed by atoms with Crippen LogP contribution in [0.2, 0.25) is 5.02 Å². The fraction of sp³-hybridized carbons (Fsp3) is 0.0556. The van der Waals surface area contributed by atoms with Crippen LogP contribution in [0.5, 0.6) is 0 Å². The number of rotatable bonds is 3. The maximum absolute atomic E-state index is 12.3. The zero-order chi connectivity index (χ0) is 17.3. The Bertz CT molecular complexity index is 921. The Morgan fingerprint density at radius 1 is 1.17 bits per heavy atom. The fourth-order valence-corrected chi connectivity index (χ4v) is 2.85. The van der Waals surface area contributed by atoms with Crippen molar-refractivity contribution in [3.63, 3.8) is 0 Å². The van der Waals surface area contributed by atoms with Gasteiger partial charge >= 0.3 is 0 Å². The molecule has 2 aromatic carbocycles. The number of anilines is 2. The third-order valence-corrected chi connectivity index (χ3v) is 4.59. The van der Waals surface area contributed by atoms with Crippen LogP contribution in [-0.2, 0) is 0 Å². The zero-order valence-corrected chi connectivity index (χ0v) is 15.1. The van der Waals surface area contributed by atoms with Crippen LogP contribution in [-0.4, -0.2) is 5.91 Å². The third kappa shape index (κ3) is 3.47. The fourth-order valence-electron chi connectivity index (χ4n) is 2.18. The molecule has 1 aromatic heterocycles. The van der Waals surface area contributed by atoms with Crippen LogP contribution in [0.4, 0.5) is 11.4 Å². The summed E-state index contributed by atoms with van der Waals surface area (Å²) in [6.07, 6.45) is 0. The molecular weight excluding hydrogens is 392 g/mol. The molecule has 0 saturated heterocycles. The van der Waals surface area contributed by atoms with Crippen LogP contribution in [0.15, 0.2) is 57.4 Å². The summed E-state index contributed by atoms with van der Waals surface area (Å²) in [5.74, 6) is 0.453. The molecular formula is C18H14BrClN2O2. The number of furan rings is 1. The highest BCUT2D eigenvalue weighted by atomic mass is 79.9. The first-order valence-corrected chi connectivity index (χ1v) is 8.34. The van der Waals surface area contributed by atoms with Gasteiger partial charge in [0.25, 0.3) is 5.91 Å². The van der Waals surface area contributed by atoms with Crippen LogP contribution in [0, 0.1) is 6.92 Å². The molecule has 0 fully saturated rings. The van der Waals surface area contributed by atoms with Crippen LogP contribution in [0.1, 0.15) is 16.1 Å². The number of carbonyl (C=O) groups excluding carboxylic acids is 1. The number of benzene rings is 2. The van der Waals surface area contributed by atoms with Gasteiger partial charge in [-0.3, -0.25) is 4.79 Å². The molecule has 0 aliphatic carbocycles. The molecule has 24 heavy (non-hydrogen) atoms. The van der Waals surface area contributed by atoms with E-state index in [9.17, 15) is 4.79 Å². The Hall–Kier alpha value is -2.24. The summed E-state index contributed by atoms with van der Waals surface area (Å²) in [6.45, 7) is 1.93. The molecule has 0 bridgehead atoms. The summed E-state index contributed by atoms with van der Waals surface area (Å²) in [6, 6.07) is 14.1. The van der Waals surface area contributed by atoms with E-state index in [-0.39, 0.29) is 11.7 Å². The molecule has 0 saturated carbocycles. The van der Waals surface area contributed by atoms with Crippen molar-refractivity contribution < 1.29 is 9.21 Å². The van der Waals surface area contributed by atoms with Crippen LogP contribution in [0.25, 0.3) is 11.3 Å². The first-order valence-electron chi connectivity index (χ1n) is 7.17. The number of nitrogens with one attached hydrogen (secondary N) is 1. The second-order valence-electron chi connectivity index (χ2n) is 5.32. The van der Waals surface area contributed by atoms with Crippen LogP contribution < -0.4 is 11.1 Å². The second kappa shape index (κ2) is 6.71. The first kappa shape index (κ1) is 16.6. The molecule has 0 aliphatic rings. The molecule has 122 valence electrons. The van der Waals surface area contributed by atoms with E-state index in [1.54, 1.807) is 30.3 Å². The van der Waals surface area contributed by atoms with E-state index in [2.05, 4.69) is 21.2 Å². The predicted molar refractivity (Wildman–Crippen MR) is 100 cm³/mol. The standard InChI is InChI=1S/C18H14BrClN2O2/c1-10-2-3-11(8-14(10)20)16-6-7-17(24-16)18(23)22-15-5-4-12(21)9-13(15)19/h2-9H,21H2,1H3,(H,22,23). The van der Waals surface area contributed by atoms with Crippen LogP contribution in [0.3, 0.4) is 0 Å². The summed E-state index contributed by atoms with van der Waals surface area (Å²) in [5, 5.41) is 3.43. The number of aryl methyl sites for hydroxylation is 1. The van der Waals surface area contributed by atoms with Gasteiger partial charge in [-0.05, 0) is 64.8 Å². The average Bonchev–Trinajstić information content (AvgIpc) is 3.03. The highest BCUT2D eigenvalue weighted by Gasteiger charge is 2.14. The average molecular weight is 406 g/mol. The van der Waals surface area contributed by atoms with E-state index < -0.39 is 0 Å². The van der Waals surface area contributed by atoms with E-state index in [4.69, 9.17) is 21.8 Å². The molecule has 3 rings (SSSR count). The Labute approximate surface area is 152 Å². The van der Waals surface area contributed by atoms with E-state index in [0.29, 0.717) is 26.6 Å². The maximum Gasteiger partial charge on any atom is 0.291 e. The largest absolute Gasteiger partial charge is 0.451 e. The molecule has 0 aliphatic heterocycles. The molecule has 6 heteroatoms. The summed E-state index contributed by atoms with van der Waals surface area (Å²) < 4.78 is 6.35. The third-order valence-electron chi connectivity index (χ3n) is 3.53. The molecule has 4 nitrogen and oxygen atoms in total. The molecule has 0 unspecified atom stereocenters. The van der Waals surface area contributed by atoms with E-state index in [0.717, 1.165) is 11.1 Å². The van der Waals surface area contributed by atoms with Gasteiger partial charge in [-0.15, -0.1) is 0 Å². The molecule has 0 atom stereocenters. The smallest absolute Gasteiger partial charge is 0.291 e. The first-order chi connectivity index (χ1) is 11.4. The van der Waals surface area contributed by atoms with Gasteiger partial charge < -0.3 is 15.5 Å². The van der Waals surface area contributed by atoms with E-state index in [1.165, 1.54) is 0 Å². The molecule has 3 aromatic rings. The van der Waals surface area contributed by atoms with Gasteiger partial charge in [0.05, 0.1) is 5.69 Å². The number of carbonyl (C=O) groups is 1. The van der Waals surface area contributed by atoms with Crippen molar-refractivity contribution in [1.82, 2.24) is 0 Å². The quantitative estimate of drug-likeness (QED) is 0.565. The highest BCUT2D eigenvalue weighted by Crippen LogP contribution is 2.28. The lowest BCUT2D eigenvalue weighted by atomic mass is 10.1. The molecule has 1 amide bonds. The Balaban J connectivity index is 1.82. The van der Waals surface area contributed by atoms with Crippen molar-refractivity contribution >= 4 is 44.8 Å². The number of hydrogen-bond donors (Lipinski definition) is 2. The van der Waals surface area contributed by atoms with Gasteiger partial charge in [-0.2, -0.15) is 0 Å². The Morgan fingerprint density at radius 3 is 2.67 bits per heavy atom. The van der Waals surface area contributed by atoms with E-state index >= 15 is 0 Å². The van der Waals surface area contributed by atoms with Crippen molar-refractivity contribution in [2.45, 2.75) is 6.92 Å². The van der Waals surface area contributed by atoms with Crippen molar-refractivity contribution in [3.8, 4) is 11.3 Å². The Kier molecular flexibility index (Phi) is 4.64. The van der Waals surface area contributed by atoms with E-state index in [1.807, 2.05) is 25.1 Å². The second-order valence-corrected chi connectivity index (χ2v) is 6.58. The zero-order valence-electron chi connectivity index (χ0n) is 12.8. The van der Waals surface area contributed by atoms with Gasteiger partial charge in [-0.1, -0.05) is 23.7 Å². The van der Waals surface area contributed by atoms with Crippen LogP contribution >= 0.6 is 27.5 Å². The number of amides is 1. The summed E-state index contributed by atoms with van der Waals surface area (Å²) >= 11 is 9.50. The van der Waals surface area contributed by atoms with Crippen molar-refractivity contribution in [1.29, 1.82) is 0 Å². The summed E-state index contributed by atoms with van der Waals surface area (Å²) in [4.78, 5) is 12.3. The molecule has 0 radical (unpaired) electrons. The monoisotopic (exact) mass is 404 g/mol. The van der Waals surface area contributed by atoms with Crippen molar-refractivity contribution in [2.75, 3.05) is 11.1 Å². The summed E-state index contributed by atoms with van der Waals surface area (Å²) in [5.41, 5.74) is 8.71. The SMILES string of the molecule is Cc1ccc(-c2ccc(C(=O)Nc3ccc(N)cc3Br)o2)cc1Cl. The number of halogens is 2. The molecule has 0 spiro atoms. The number of nitrogens with two attached hydrogens (primary N) is 1. The van der Waals surface area contributed by atoms with Gasteiger partial charge in [0.2, 0.25) is 0 Å². The lowest BCUT2D eigenvalue weighted by molar-refractivity contribution is 0.0997. The maximum atomic E-state index is 12.3. The highest BCUT2D eigenvalue weighted by molar-refractivity contribution is 9.10. The van der Waals surface area contributed by atoms with Crippen molar-refractivity contribution in [2.24, 2.45) is 0 Å². The minimum atomic E-state index is -0.343. The lowest BCUT2D eigenvalue weighted by Crippen LogP contribution is -2.11. The number of hydrogen-bond acceptors (Lipinski definition) is 3. The molecule has 1 heterocycles. The van der Waals surface area contributed by atoms with Gasteiger partial charge in [0.15, 0.2) is 5.76 Å². The van der Waals surface area contributed by atoms with Gasteiger partial charge in [0, 0.05) is 20.7 Å². The topological polar surface area (TPSA) is 68.3 Å². The number of nitrogen functional groups attached to an aromatic ring is 1. The minimum Gasteiger partial charge on any atom is -0.451 e. The normalized spacial score (nSPS) is 10.6. The predicted octanol–water partition coefficient (Wildman–Crippen LogP) is 5.51. The summed E-state index contributed by atoms with van der Waals surface area (Å²) in [7, 11) is 0. The van der Waals surface area contributed by atoms with Gasteiger partial charge in [-0.25, -0.2) is 0 Å². The lowest BCUT2D eigenvalue weighted by Gasteiger charge is -2.06. The van der Waals surface area contributed by atoms with Crippen molar-refractivity contribution in [3.05, 3.63) is 69.3 Å². The molecule has 3 N–H and O–H groups in total.